The van der Waals surface area contributed by atoms with Gasteiger partial charge >= 0.3 is 5.97 Å². The number of pyridine rings is 1. The lowest BCUT2D eigenvalue weighted by molar-refractivity contribution is -0.142. The first-order valence-electron chi connectivity index (χ1n) is 10.1. The van der Waals surface area contributed by atoms with E-state index in [4.69, 9.17) is 0 Å². The number of carbonyl (C=O) groups excluding carboxylic acids is 1. The quantitative estimate of drug-likeness (QED) is 0.494. The highest BCUT2D eigenvalue weighted by Crippen LogP contribution is 2.40. The standard InChI is InChI=1S/C24H25N3O5/c1-23(2,3)15-10-16(24(4,5)22(30)31)19(27-32)11-18(15)26-21(29)14-12-25-17-9-7-6-8-13(17)20(14)28/h6-12H,1-5H3,(H,25,28)(H,26,29)(H,30,31). The number of rotatable bonds is 5. The Labute approximate surface area is 184 Å². The van der Waals surface area contributed by atoms with Crippen molar-refractivity contribution in [3.8, 4) is 0 Å². The molecule has 0 aliphatic rings. The van der Waals surface area contributed by atoms with Crippen LogP contribution in [-0.4, -0.2) is 22.0 Å². The van der Waals surface area contributed by atoms with Crippen molar-refractivity contribution in [2.24, 2.45) is 5.18 Å². The van der Waals surface area contributed by atoms with E-state index in [0.29, 0.717) is 16.5 Å². The zero-order chi connectivity index (χ0) is 23.8. The van der Waals surface area contributed by atoms with Crippen molar-refractivity contribution in [1.29, 1.82) is 0 Å². The molecule has 0 bridgehead atoms. The maximum absolute atomic E-state index is 13.0. The van der Waals surface area contributed by atoms with Crippen molar-refractivity contribution in [3.63, 3.8) is 0 Å². The highest BCUT2D eigenvalue weighted by Gasteiger charge is 2.35. The summed E-state index contributed by atoms with van der Waals surface area (Å²) in [6, 6.07) is 9.80. The van der Waals surface area contributed by atoms with Crippen LogP contribution in [0, 0.1) is 4.91 Å². The van der Waals surface area contributed by atoms with Crippen LogP contribution >= 0.6 is 0 Å². The van der Waals surface area contributed by atoms with E-state index in [9.17, 15) is 24.4 Å². The molecule has 166 valence electrons. The van der Waals surface area contributed by atoms with E-state index < -0.39 is 28.1 Å². The molecule has 0 aliphatic carbocycles. The highest BCUT2D eigenvalue weighted by atomic mass is 16.4. The number of amides is 1. The summed E-state index contributed by atoms with van der Waals surface area (Å²) in [5, 5.41) is 15.7. The maximum Gasteiger partial charge on any atom is 0.313 e. The molecule has 0 unspecified atom stereocenters. The van der Waals surface area contributed by atoms with Crippen LogP contribution in [-0.2, 0) is 15.6 Å². The summed E-state index contributed by atoms with van der Waals surface area (Å²) < 4.78 is 0. The Kier molecular flexibility index (Phi) is 5.74. The van der Waals surface area contributed by atoms with Crippen molar-refractivity contribution >= 4 is 34.2 Å². The van der Waals surface area contributed by atoms with Crippen molar-refractivity contribution in [1.82, 2.24) is 4.98 Å². The van der Waals surface area contributed by atoms with Crippen LogP contribution in [0.1, 0.15) is 56.1 Å². The molecule has 3 rings (SSSR count). The number of aliphatic carboxylic acids is 1. The number of nitrogens with one attached hydrogen (secondary N) is 2. The van der Waals surface area contributed by atoms with Crippen LogP contribution in [0.5, 0.6) is 0 Å². The second-order valence-electron chi connectivity index (χ2n) is 9.22. The van der Waals surface area contributed by atoms with E-state index in [2.05, 4.69) is 15.5 Å². The van der Waals surface area contributed by atoms with E-state index in [0.717, 1.165) is 0 Å². The molecule has 1 heterocycles. The van der Waals surface area contributed by atoms with Crippen LogP contribution in [0.15, 0.2) is 52.6 Å². The van der Waals surface area contributed by atoms with E-state index in [-0.39, 0.29) is 22.5 Å². The van der Waals surface area contributed by atoms with Crippen LogP contribution in [0.3, 0.4) is 0 Å². The third-order valence-electron chi connectivity index (χ3n) is 5.53. The third-order valence-corrected chi connectivity index (χ3v) is 5.53. The summed E-state index contributed by atoms with van der Waals surface area (Å²) >= 11 is 0. The Balaban J connectivity index is 2.15. The molecule has 3 N–H and O–H groups in total. The molecule has 1 amide bonds. The highest BCUT2D eigenvalue weighted by molar-refractivity contribution is 6.06. The fourth-order valence-electron chi connectivity index (χ4n) is 3.53. The maximum atomic E-state index is 13.0. The summed E-state index contributed by atoms with van der Waals surface area (Å²) in [6.07, 6.45) is 1.34. The Hall–Kier alpha value is -3.81. The molecule has 2 aromatic carbocycles. The molecule has 0 radical (unpaired) electrons. The molecule has 0 aliphatic heterocycles. The van der Waals surface area contributed by atoms with Crippen LogP contribution in [0.25, 0.3) is 10.9 Å². The zero-order valence-electron chi connectivity index (χ0n) is 18.6. The van der Waals surface area contributed by atoms with Gasteiger partial charge in [-0.2, -0.15) is 0 Å². The zero-order valence-corrected chi connectivity index (χ0v) is 18.6. The predicted molar refractivity (Wildman–Crippen MR) is 124 cm³/mol. The van der Waals surface area contributed by atoms with Crippen molar-refractivity contribution in [2.75, 3.05) is 5.32 Å². The number of carboxylic acid groups (broad SMARTS) is 1. The lowest BCUT2D eigenvalue weighted by Crippen LogP contribution is -2.30. The average Bonchev–Trinajstić information content (AvgIpc) is 2.72. The molecule has 0 saturated heterocycles. The SMILES string of the molecule is CC(C)(C)c1cc(C(C)(C)C(=O)O)c(N=O)cc1NC(=O)c1c[nH]c2ccccc2c1=O. The number of aromatic nitrogens is 1. The van der Waals surface area contributed by atoms with Crippen LogP contribution in [0.4, 0.5) is 11.4 Å². The molecule has 8 nitrogen and oxygen atoms in total. The average molecular weight is 435 g/mol. The number of nitroso groups, excluding NO2 is 1. The predicted octanol–water partition coefficient (Wildman–Crippen LogP) is 4.84. The number of anilines is 1. The minimum Gasteiger partial charge on any atom is -0.481 e. The van der Waals surface area contributed by atoms with Crippen LogP contribution in [0.2, 0.25) is 0 Å². The number of nitrogens with zero attached hydrogens (tertiary/aromatic N) is 1. The number of benzene rings is 2. The molecule has 0 fully saturated rings. The van der Waals surface area contributed by atoms with E-state index in [1.54, 1.807) is 30.3 Å². The number of H-pyrrole nitrogens is 1. The Morgan fingerprint density at radius 2 is 1.69 bits per heavy atom. The van der Waals surface area contributed by atoms with Gasteiger partial charge in [-0.1, -0.05) is 32.9 Å². The summed E-state index contributed by atoms with van der Waals surface area (Å²) in [5.74, 6) is -1.76. The van der Waals surface area contributed by atoms with Gasteiger partial charge in [0.1, 0.15) is 11.3 Å². The monoisotopic (exact) mass is 435 g/mol. The molecule has 0 spiro atoms. The van der Waals surface area contributed by atoms with E-state index in [1.807, 2.05) is 20.8 Å². The topological polar surface area (TPSA) is 129 Å². The number of hydrogen-bond donors (Lipinski definition) is 3. The normalized spacial score (nSPS) is 11.9. The second-order valence-corrected chi connectivity index (χ2v) is 9.22. The third kappa shape index (κ3) is 4.03. The van der Waals surface area contributed by atoms with Gasteiger partial charge in [-0.3, -0.25) is 14.4 Å². The fourth-order valence-corrected chi connectivity index (χ4v) is 3.53. The van der Waals surface area contributed by atoms with E-state index in [1.165, 1.54) is 26.1 Å². The lowest BCUT2D eigenvalue weighted by atomic mass is 9.78. The molecule has 1 aromatic heterocycles. The molecule has 8 heteroatoms. The van der Waals surface area contributed by atoms with Gasteiger partial charge in [-0.25, -0.2) is 0 Å². The number of hydrogen-bond acceptors (Lipinski definition) is 5. The van der Waals surface area contributed by atoms with Gasteiger partial charge in [0.25, 0.3) is 5.91 Å². The van der Waals surface area contributed by atoms with E-state index >= 15 is 0 Å². The molecular weight excluding hydrogens is 410 g/mol. The first-order valence-corrected chi connectivity index (χ1v) is 10.1. The van der Waals surface area contributed by atoms with Gasteiger partial charge in [-0.05, 0) is 59.8 Å². The molecule has 32 heavy (non-hydrogen) atoms. The van der Waals surface area contributed by atoms with Gasteiger partial charge in [0.2, 0.25) is 5.43 Å². The summed E-state index contributed by atoms with van der Waals surface area (Å²) in [7, 11) is 0. The minimum atomic E-state index is -1.37. The summed E-state index contributed by atoms with van der Waals surface area (Å²) in [4.78, 5) is 52.1. The molecule has 0 atom stereocenters. The fraction of sp³-hybridized carbons (Fsp3) is 0.292. The molecule has 3 aromatic rings. The minimum absolute atomic E-state index is 0.0842. The van der Waals surface area contributed by atoms with Gasteiger partial charge in [0.15, 0.2) is 0 Å². The van der Waals surface area contributed by atoms with Crippen molar-refractivity contribution < 1.29 is 14.7 Å². The number of aromatic amines is 1. The number of carboxylic acids is 1. The second kappa shape index (κ2) is 8.03. The lowest BCUT2D eigenvalue weighted by Gasteiger charge is -2.28. The Morgan fingerprint density at radius 1 is 1.03 bits per heavy atom. The number of para-hydroxylation sites is 1. The Morgan fingerprint density at radius 3 is 2.28 bits per heavy atom. The number of fused-ring (bicyclic) bond motifs is 1. The van der Waals surface area contributed by atoms with Gasteiger partial charge < -0.3 is 15.4 Å². The largest absolute Gasteiger partial charge is 0.481 e. The molecular formula is C24H25N3O5. The first-order chi connectivity index (χ1) is 14.9. The summed E-state index contributed by atoms with van der Waals surface area (Å²) in [5.41, 5.74) is -0.735. The van der Waals surface area contributed by atoms with Crippen LogP contribution < -0.4 is 10.7 Å². The van der Waals surface area contributed by atoms with Gasteiger partial charge in [0.05, 0.1) is 5.41 Å². The summed E-state index contributed by atoms with van der Waals surface area (Å²) in [6.45, 7) is 8.66. The Bertz CT molecular complexity index is 1300. The first kappa shape index (κ1) is 22.9. The van der Waals surface area contributed by atoms with Gasteiger partial charge in [0, 0.05) is 22.8 Å². The smallest absolute Gasteiger partial charge is 0.313 e. The van der Waals surface area contributed by atoms with Gasteiger partial charge in [-0.15, -0.1) is 4.91 Å². The van der Waals surface area contributed by atoms with Crippen molar-refractivity contribution in [2.45, 2.75) is 45.4 Å². The number of carbonyl (C=O) groups is 2. The molecule has 0 saturated carbocycles. The van der Waals surface area contributed by atoms with Crippen molar-refractivity contribution in [3.05, 3.63) is 74.4 Å².